The molecular weight excluding hydrogens is 342 g/mol. The van der Waals surface area contributed by atoms with Crippen LogP contribution in [0.25, 0.3) is 5.69 Å². The molecular formula is C20H21N5O2. The second kappa shape index (κ2) is 7.41. The molecule has 2 N–H and O–H groups in total. The van der Waals surface area contributed by atoms with Crippen LogP contribution in [0, 0.1) is 0 Å². The predicted molar refractivity (Wildman–Crippen MR) is 103 cm³/mol. The highest BCUT2D eigenvalue weighted by Crippen LogP contribution is 2.14. The van der Waals surface area contributed by atoms with Crippen LogP contribution in [0.3, 0.4) is 0 Å². The molecule has 2 amide bonds. The number of nitrogens with one attached hydrogen (secondary N) is 2. The van der Waals surface area contributed by atoms with Gasteiger partial charge in [-0.3, -0.25) is 9.59 Å². The zero-order chi connectivity index (χ0) is 19.4. The highest BCUT2D eigenvalue weighted by Gasteiger charge is 2.15. The van der Waals surface area contributed by atoms with Crippen molar-refractivity contribution in [3.8, 4) is 5.69 Å². The molecule has 0 unspecified atom stereocenters. The van der Waals surface area contributed by atoms with Gasteiger partial charge in [-0.2, -0.15) is 5.10 Å². The van der Waals surface area contributed by atoms with E-state index in [1.165, 1.54) is 6.33 Å². The summed E-state index contributed by atoms with van der Waals surface area (Å²) in [5.41, 5.74) is 2.19. The summed E-state index contributed by atoms with van der Waals surface area (Å²) in [5.74, 6) is -0.413. The van der Waals surface area contributed by atoms with Crippen LogP contribution in [0.4, 0.5) is 5.69 Å². The first-order valence-corrected chi connectivity index (χ1v) is 8.51. The molecule has 0 aliphatic rings. The van der Waals surface area contributed by atoms with Crippen molar-refractivity contribution in [2.75, 3.05) is 5.32 Å². The molecule has 138 valence electrons. The Morgan fingerprint density at radius 3 is 2.00 bits per heavy atom. The molecule has 0 saturated heterocycles. The zero-order valence-electron chi connectivity index (χ0n) is 15.4. The van der Waals surface area contributed by atoms with E-state index in [2.05, 4.69) is 20.7 Å². The first-order valence-electron chi connectivity index (χ1n) is 8.51. The first-order chi connectivity index (χ1) is 12.8. The van der Waals surface area contributed by atoms with Crippen LogP contribution in [0.2, 0.25) is 0 Å². The first kappa shape index (κ1) is 18.3. The number of hydrogen-bond acceptors (Lipinski definition) is 4. The minimum absolute atomic E-state index is 0.168. The van der Waals surface area contributed by atoms with Gasteiger partial charge in [0.05, 0.1) is 5.69 Å². The number of carbonyl (C=O) groups is 2. The summed E-state index contributed by atoms with van der Waals surface area (Å²) in [5, 5.41) is 9.78. The average molecular weight is 363 g/mol. The Balaban J connectivity index is 1.65. The SMILES string of the molecule is CC(C)(C)NC(=O)c1ccc(C(=O)Nc2ccc(-n3cncn3)cc2)cc1. The summed E-state index contributed by atoms with van der Waals surface area (Å²) in [6.07, 6.45) is 3.06. The third-order valence-electron chi connectivity index (χ3n) is 3.71. The monoisotopic (exact) mass is 363 g/mol. The molecule has 0 radical (unpaired) electrons. The Morgan fingerprint density at radius 2 is 1.48 bits per heavy atom. The third-order valence-corrected chi connectivity index (χ3v) is 3.71. The van der Waals surface area contributed by atoms with Gasteiger partial charge in [-0.25, -0.2) is 9.67 Å². The number of carbonyl (C=O) groups excluding carboxylic acids is 2. The normalized spacial score (nSPS) is 11.1. The predicted octanol–water partition coefficient (Wildman–Crippen LogP) is 3.05. The Morgan fingerprint density at radius 1 is 0.889 bits per heavy atom. The van der Waals surface area contributed by atoms with Gasteiger partial charge in [-0.15, -0.1) is 0 Å². The maximum atomic E-state index is 12.4. The Kier molecular flexibility index (Phi) is 5.03. The molecule has 0 aliphatic heterocycles. The van der Waals surface area contributed by atoms with Crippen molar-refractivity contribution in [3.05, 3.63) is 72.3 Å². The molecule has 7 heteroatoms. The molecule has 0 spiro atoms. The Hall–Kier alpha value is -3.48. The Bertz CT molecular complexity index is 924. The standard InChI is InChI=1S/C20H21N5O2/c1-20(2,3)24-19(27)15-6-4-14(5-7-15)18(26)23-16-8-10-17(11-9-16)25-13-21-12-22-25/h4-13H,1-3H3,(H,23,26)(H,24,27). The van der Waals surface area contributed by atoms with Crippen LogP contribution in [-0.4, -0.2) is 32.1 Å². The second-order valence-corrected chi connectivity index (χ2v) is 7.12. The molecule has 1 aromatic heterocycles. The molecule has 0 saturated carbocycles. The van der Waals surface area contributed by atoms with Gasteiger partial charge < -0.3 is 10.6 Å². The van der Waals surface area contributed by atoms with E-state index in [0.717, 1.165) is 5.69 Å². The maximum absolute atomic E-state index is 12.4. The fourth-order valence-electron chi connectivity index (χ4n) is 2.43. The molecule has 2 aromatic carbocycles. The number of rotatable bonds is 4. The van der Waals surface area contributed by atoms with Crippen LogP contribution in [-0.2, 0) is 0 Å². The number of nitrogens with zero attached hydrogens (tertiary/aromatic N) is 3. The van der Waals surface area contributed by atoms with Gasteiger partial charge in [-0.1, -0.05) is 0 Å². The summed E-state index contributed by atoms with van der Waals surface area (Å²) < 4.78 is 1.63. The molecule has 27 heavy (non-hydrogen) atoms. The lowest BCUT2D eigenvalue weighted by atomic mass is 10.1. The summed E-state index contributed by atoms with van der Waals surface area (Å²) in [7, 11) is 0. The fraction of sp³-hybridized carbons (Fsp3) is 0.200. The fourth-order valence-corrected chi connectivity index (χ4v) is 2.43. The Labute approximate surface area is 157 Å². The molecule has 0 bridgehead atoms. The lowest BCUT2D eigenvalue weighted by molar-refractivity contribution is 0.0918. The molecule has 0 atom stereocenters. The number of hydrogen-bond donors (Lipinski definition) is 2. The summed E-state index contributed by atoms with van der Waals surface area (Å²) >= 11 is 0. The largest absolute Gasteiger partial charge is 0.347 e. The van der Waals surface area contributed by atoms with Crippen LogP contribution >= 0.6 is 0 Å². The summed E-state index contributed by atoms with van der Waals surface area (Å²) in [6, 6.07) is 13.8. The van der Waals surface area contributed by atoms with Gasteiger partial charge in [0.2, 0.25) is 0 Å². The van der Waals surface area contributed by atoms with Gasteiger partial charge >= 0.3 is 0 Å². The highest BCUT2D eigenvalue weighted by atomic mass is 16.2. The van der Waals surface area contributed by atoms with Crippen molar-refractivity contribution >= 4 is 17.5 Å². The number of anilines is 1. The molecule has 3 rings (SSSR count). The lowest BCUT2D eigenvalue weighted by Crippen LogP contribution is -2.40. The third kappa shape index (κ3) is 4.78. The van der Waals surface area contributed by atoms with E-state index < -0.39 is 0 Å². The number of benzene rings is 2. The topological polar surface area (TPSA) is 88.9 Å². The molecule has 3 aromatic rings. The van der Waals surface area contributed by atoms with Crippen LogP contribution in [0.1, 0.15) is 41.5 Å². The van der Waals surface area contributed by atoms with E-state index >= 15 is 0 Å². The number of aromatic nitrogens is 3. The smallest absolute Gasteiger partial charge is 0.255 e. The van der Waals surface area contributed by atoms with Crippen LogP contribution in [0.15, 0.2) is 61.2 Å². The van der Waals surface area contributed by atoms with E-state index in [4.69, 9.17) is 0 Å². The van der Waals surface area contributed by atoms with E-state index in [1.807, 2.05) is 32.9 Å². The van der Waals surface area contributed by atoms with E-state index in [0.29, 0.717) is 16.8 Å². The average Bonchev–Trinajstić information content (AvgIpc) is 3.16. The van der Waals surface area contributed by atoms with Crippen molar-refractivity contribution in [1.82, 2.24) is 20.1 Å². The van der Waals surface area contributed by atoms with Gasteiger partial charge in [0.15, 0.2) is 0 Å². The van der Waals surface area contributed by atoms with Gasteiger partial charge in [0.1, 0.15) is 12.7 Å². The van der Waals surface area contributed by atoms with Crippen LogP contribution < -0.4 is 10.6 Å². The van der Waals surface area contributed by atoms with E-state index in [9.17, 15) is 9.59 Å². The van der Waals surface area contributed by atoms with Gasteiger partial charge in [0.25, 0.3) is 11.8 Å². The lowest BCUT2D eigenvalue weighted by Gasteiger charge is -2.20. The minimum atomic E-state index is -0.314. The van der Waals surface area contributed by atoms with Gasteiger partial charge in [-0.05, 0) is 69.3 Å². The van der Waals surface area contributed by atoms with Crippen molar-refractivity contribution in [3.63, 3.8) is 0 Å². The van der Waals surface area contributed by atoms with E-state index in [1.54, 1.807) is 47.4 Å². The van der Waals surface area contributed by atoms with Crippen LogP contribution in [0.5, 0.6) is 0 Å². The second-order valence-electron chi connectivity index (χ2n) is 7.12. The molecule has 1 heterocycles. The maximum Gasteiger partial charge on any atom is 0.255 e. The van der Waals surface area contributed by atoms with Crippen molar-refractivity contribution in [1.29, 1.82) is 0 Å². The summed E-state index contributed by atoms with van der Waals surface area (Å²) in [4.78, 5) is 28.4. The molecule has 0 fully saturated rings. The highest BCUT2D eigenvalue weighted by molar-refractivity contribution is 6.05. The number of amides is 2. The summed E-state index contributed by atoms with van der Waals surface area (Å²) in [6.45, 7) is 5.75. The quantitative estimate of drug-likeness (QED) is 0.746. The van der Waals surface area contributed by atoms with Crippen molar-refractivity contribution in [2.45, 2.75) is 26.3 Å². The van der Waals surface area contributed by atoms with E-state index in [-0.39, 0.29) is 17.4 Å². The van der Waals surface area contributed by atoms with Crippen molar-refractivity contribution < 1.29 is 9.59 Å². The van der Waals surface area contributed by atoms with Crippen molar-refractivity contribution in [2.24, 2.45) is 0 Å². The van der Waals surface area contributed by atoms with Gasteiger partial charge in [0, 0.05) is 22.4 Å². The molecule has 0 aliphatic carbocycles. The minimum Gasteiger partial charge on any atom is -0.347 e. The molecule has 7 nitrogen and oxygen atoms in total. The zero-order valence-corrected chi connectivity index (χ0v) is 15.4.